The van der Waals surface area contributed by atoms with Crippen molar-refractivity contribution in [3.63, 3.8) is 0 Å². The third-order valence-electron chi connectivity index (χ3n) is 10.7. The molecule has 0 fully saturated rings. The molecule has 262 valence electrons. The molecule has 1 N–H and O–H groups in total. The maximum Gasteiger partial charge on any atom is 0.209 e. The number of rotatable bonds is 8. The Bertz CT molecular complexity index is 2850. The molecule has 3 heterocycles. The predicted octanol–water partition coefficient (Wildman–Crippen LogP) is 11.8. The number of hydrogen-bond acceptors (Lipinski definition) is 1. The van der Waals surface area contributed by atoms with E-state index in [4.69, 9.17) is 4.99 Å². The maximum absolute atomic E-state index is 5.25. The van der Waals surface area contributed by atoms with E-state index in [2.05, 4.69) is 171 Å². The van der Waals surface area contributed by atoms with Crippen LogP contribution in [0.4, 0.5) is 0 Å². The molecule has 0 bridgehead atoms. The third kappa shape index (κ3) is 5.40. The first-order valence-corrected chi connectivity index (χ1v) is 19.0. The Morgan fingerprint density at radius 2 is 1.17 bits per heavy atom. The van der Waals surface area contributed by atoms with Crippen molar-refractivity contribution in [3.05, 3.63) is 133 Å². The van der Waals surface area contributed by atoms with E-state index in [1.54, 1.807) is 0 Å². The van der Waals surface area contributed by atoms with Gasteiger partial charge in [-0.25, -0.2) is 0 Å². The number of fused-ring (bicyclic) bond motifs is 10. The number of amidine groups is 1. The lowest BCUT2D eigenvalue weighted by Crippen LogP contribution is -2.32. The van der Waals surface area contributed by atoms with E-state index in [1.807, 2.05) is 7.05 Å². The van der Waals surface area contributed by atoms with Gasteiger partial charge in [-0.05, 0) is 67.4 Å². The Hall–Kier alpha value is -6.14. The van der Waals surface area contributed by atoms with E-state index >= 15 is 0 Å². The Morgan fingerprint density at radius 1 is 0.547 bits per heavy atom. The molecule has 0 saturated carbocycles. The van der Waals surface area contributed by atoms with Crippen LogP contribution in [0.15, 0.2) is 143 Å². The normalized spacial score (nSPS) is 12.7. The molecule has 0 aliphatic heterocycles. The summed E-state index contributed by atoms with van der Waals surface area (Å²) >= 11 is 0. The second-order valence-corrected chi connectivity index (χ2v) is 13.9. The van der Waals surface area contributed by atoms with Crippen molar-refractivity contribution in [2.24, 2.45) is 9.98 Å². The summed E-state index contributed by atoms with van der Waals surface area (Å²) in [6, 6.07) is 48.6. The summed E-state index contributed by atoms with van der Waals surface area (Å²) in [5, 5.41) is 11.1. The second kappa shape index (κ2) is 13.8. The standard InChI is InChI=1S/C47H44N6/c1-4-6-25-44(48-3)50-47(49-30-7-5-2)53-41-24-16-13-21-37(41)45-43(53)29-27-36-34-19-11-15-23-40(34)52(46(36)45)33-26-28-42-38(31-33)35-20-12-14-22-39(35)51(42)32-17-9-8-10-18-32/h8-24,26-29,31H,4-7,25,30H2,1-3H3,(H,48,49,50). The smallest absolute Gasteiger partial charge is 0.209 e. The molecular weight excluding hydrogens is 649 g/mol. The van der Waals surface area contributed by atoms with E-state index in [9.17, 15) is 0 Å². The fourth-order valence-corrected chi connectivity index (χ4v) is 8.18. The van der Waals surface area contributed by atoms with Crippen LogP contribution >= 0.6 is 0 Å². The lowest BCUT2D eigenvalue weighted by molar-refractivity contribution is 0.745. The quantitative estimate of drug-likeness (QED) is 0.0962. The van der Waals surface area contributed by atoms with Crippen molar-refractivity contribution in [3.8, 4) is 11.4 Å². The lowest BCUT2D eigenvalue weighted by Gasteiger charge is -2.15. The third-order valence-corrected chi connectivity index (χ3v) is 10.7. The maximum atomic E-state index is 5.25. The highest BCUT2D eigenvalue weighted by atomic mass is 15.2. The van der Waals surface area contributed by atoms with Gasteiger partial charge in [0, 0.05) is 63.7 Å². The van der Waals surface area contributed by atoms with Gasteiger partial charge in [-0.2, -0.15) is 4.99 Å². The van der Waals surface area contributed by atoms with Gasteiger partial charge in [-0.1, -0.05) is 106 Å². The van der Waals surface area contributed by atoms with Gasteiger partial charge in [-0.15, -0.1) is 0 Å². The molecule has 0 radical (unpaired) electrons. The van der Waals surface area contributed by atoms with Gasteiger partial charge >= 0.3 is 0 Å². The van der Waals surface area contributed by atoms with Gasteiger partial charge in [0.25, 0.3) is 0 Å². The van der Waals surface area contributed by atoms with E-state index in [0.717, 1.165) is 72.9 Å². The number of para-hydroxylation sites is 4. The highest BCUT2D eigenvalue weighted by Gasteiger charge is 2.23. The van der Waals surface area contributed by atoms with E-state index < -0.39 is 0 Å². The molecule has 0 spiro atoms. The first kappa shape index (κ1) is 32.7. The topological polar surface area (TPSA) is 51.5 Å². The molecule has 3 aromatic heterocycles. The van der Waals surface area contributed by atoms with Crippen LogP contribution in [0.5, 0.6) is 0 Å². The summed E-state index contributed by atoms with van der Waals surface area (Å²) < 4.78 is 7.20. The summed E-state index contributed by atoms with van der Waals surface area (Å²) in [5.41, 5.74) is 9.34. The molecule has 9 aromatic rings. The molecule has 0 saturated heterocycles. The Kier molecular flexibility index (Phi) is 8.51. The van der Waals surface area contributed by atoms with Crippen molar-refractivity contribution in [2.75, 3.05) is 13.6 Å². The van der Waals surface area contributed by atoms with Gasteiger partial charge in [-0.3, -0.25) is 9.56 Å². The lowest BCUT2D eigenvalue weighted by atomic mass is 10.1. The summed E-state index contributed by atoms with van der Waals surface area (Å²) in [6.07, 6.45) is 5.17. The number of aromatic nitrogens is 3. The molecule has 0 aliphatic rings. The van der Waals surface area contributed by atoms with Crippen molar-refractivity contribution in [1.82, 2.24) is 19.0 Å². The summed E-state index contributed by atoms with van der Waals surface area (Å²) in [7, 11) is 1.86. The monoisotopic (exact) mass is 692 g/mol. The van der Waals surface area contributed by atoms with Crippen LogP contribution in [0.2, 0.25) is 0 Å². The van der Waals surface area contributed by atoms with E-state index in [-0.39, 0.29) is 0 Å². The average Bonchev–Trinajstić information content (AvgIpc) is 3.84. The van der Waals surface area contributed by atoms with Crippen LogP contribution in [0.3, 0.4) is 0 Å². The molecule has 6 aromatic carbocycles. The zero-order valence-electron chi connectivity index (χ0n) is 30.7. The van der Waals surface area contributed by atoms with Crippen LogP contribution in [0, 0.1) is 0 Å². The number of nitrogens with zero attached hydrogens (tertiary/aromatic N) is 5. The number of nitrogens with one attached hydrogen (secondary N) is 1. The summed E-state index contributed by atoms with van der Waals surface area (Å²) in [4.78, 5) is 9.88. The number of benzene rings is 6. The molecule has 0 atom stereocenters. The van der Waals surface area contributed by atoms with Gasteiger partial charge in [0.05, 0.1) is 33.1 Å². The Morgan fingerprint density at radius 3 is 1.91 bits per heavy atom. The zero-order valence-corrected chi connectivity index (χ0v) is 30.7. The molecule has 6 heteroatoms. The van der Waals surface area contributed by atoms with Crippen LogP contribution < -0.4 is 5.32 Å². The van der Waals surface area contributed by atoms with Crippen LogP contribution in [-0.4, -0.2) is 39.1 Å². The zero-order chi connectivity index (χ0) is 35.9. The summed E-state index contributed by atoms with van der Waals surface area (Å²) in [5.74, 6) is 1.70. The van der Waals surface area contributed by atoms with Crippen molar-refractivity contribution in [1.29, 1.82) is 0 Å². The molecule has 0 amide bonds. The second-order valence-electron chi connectivity index (χ2n) is 13.9. The van der Waals surface area contributed by atoms with Gasteiger partial charge in [0.1, 0.15) is 5.84 Å². The number of unbranched alkanes of at least 4 members (excludes halogenated alkanes) is 2. The molecule has 0 aliphatic carbocycles. The summed E-state index contributed by atoms with van der Waals surface area (Å²) in [6.45, 7) is 5.28. The van der Waals surface area contributed by atoms with Crippen molar-refractivity contribution in [2.45, 2.75) is 46.0 Å². The molecule has 6 nitrogen and oxygen atoms in total. The number of hydrogen-bond donors (Lipinski definition) is 1. The molecule has 9 rings (SSSR count). The van der Waals surface area contributed by atoms with Gasteiger partial charge in [0.2, 0.25) is 5.96 Å². The largest absolute Gasteiger partial charge is 0.355 e. The minimum absolute atomic E-state index is 0.832. The SMILES string of the molecule is CCCCN/C(=N\C(CCCC)=N/C)n1c2ccccc2c2c1ccc1c3ccccc3n(-c3ccc4c(c3)c3ccccc3n4-c3ccccc3)c12. The van der Waals surface area contributed by atoms with Crippen molar-refractivity contribution < 1.29 is 0 Å². The van der Waals surface area contributed by atoms with Gasteiger partial charge in [0.15, 0.2) is 0 Å². The first-order valence-electron chi connectivity index (χ1n) is 19.0. The minimum atomic E-state index is 0.832. The highest BCUT2D eigenvalue weighted by molar-refractivity contribution is 6.28. The highest BCUT2D eigenvalue weighted by Crippen LogP contribution is 2.42. The van der Waals surface area contributed by atoms with E-state index in [0.29, 0.717) is 0 Å². The van der Waals surface area contributed by atoms with E-state index in [1.165, 1.54) is 54.4 Å². The van der Waals surface area contributed by atoms with Crippen molar-refractivity contribution >= 4 is 77.2 Å². The molecule has 0 unspecified atom stereocenters. The predicted molar refractivity (Wildman–Crippen MR) is 227 cm³/mol. The van der Waals surface area contributed by atoms with Crippen LogP contribution in [0.1, 0.15) is 46.0 Å². The Labute approximate surface area is 309 Å². The van der Waals surface area contributed by atoms with Crippen LogP contribution in [0.25, 0.3) is 76.8 Å². The number of aliphatic imine (C=N–C) groups is 2. The fraction of sp³-hybridized carbons (Fsp3) is 0.191. The van der Waals surface area contributed by atoms with Crippen LogP contribution in [-0.2, 0) is 0 Å². The molecule has 53 heavy (non-hydrogen) atoms. The average molecular weight is 693 g/mol. The fourth-order valence-electron chi connectivity index (χ4n) is 8.18. The van der Waals surface area contributed by atoms with Gasteiger partial charge < -0.3 is 14.5 Å². The first-order chi connectivity index (χ1) is 26.2. The minimum Gasteiger partial charge on any atom is -0.355 e. The molecular formula is C47H44N6. The Balaban J connectivity index is 1.36.